The summed E-state index contributed by atoms with van der Waals surface area (Å²) in [6.45, 7) is 0.243. The van der Waals surface area contributed by atoms with E-state index in [0.717, 1.165) is 4.90 Å². The molecule has 0 aromatic heterocycles. The zero-order chi connectivity index (χ0) is 9.14. The van der Waals surface area contributed by atoms with Crippen molar-refractivity contribution in [2.45, 2.75) is 18.9 Å². The fraction of sp³-hybridized carbons (Fsp3) is 0.714. The van der Waals surface area contributed by atoms with Crippen LogP contribution in [0.25, 0.3) is 0 Å². The van der Waals surface area contributed by atoms with Crippen molar-refractivity contribution in [3.63, 3.8) is 0 Å². The van der Waals surface area contributed by atoms with Gasteiger partial charge in [-0.1, -0.05) is 0 Å². The number of methoxy groups -OCH3 is 1. The van der Waals surface area contributed by atoms with Gasteiger partial charge in [-0.25, -0.2) is 9.69 Å². The lowest BCUT2D eigenvalue weighted by Gasteiger charge is -2.26. The predicted octanol–water partition coefficient (Wildman–Crippen LogP) is -0.264. The number of hydrogen-bond acceptors (Lipinski definition) is 4. The van der Waals surface area contributed by atoms with Gasteiger partial charge in [-0.3, -0.25) is 4.79 Å². The molecule has 1 N–H and O–H groups in total. The molecule has 1 saturated heterocycles. The Balaban J connectivity index is 2.56. The number of aliphatic hydroxyl groups is 1. The summed E-state index contributed by atoms with van der Waals surface area (Å²) in [7, 11) is 1.22. The quantitative estimate of drug-likeness (QED) is 0.548. The fourth-order valence-electron chi connectivity index (χ4n) is 1.12. The van der Waals surface area contributed by atoms with E-state index in [1.54, 1.807) is 0 Å². The van der Waals surface area contributed by atoms with E-state index in [1.807, 2.05) is 0 Å². The van der Waals surface area contributed by atoms with Gasteiger partial charge in [0, 0.05) is 6.54 Å². The van der Waals surface area contributed by atoms with Gasteiger partial charge in [0.1, 0.15) is 0 Å². The molecule has 1 aliphatic heterocycles. The molecule has 1 fully saturated rings. The maximum atomic E-state index is 11.1. The normalized spacial score (nSPS) is 24.0. The van der Waals surface area contributed by atoms with E-state index in [-0.39, 0.29) is 18.9 Å². The molecule has 2 amide bonds. The Morgan fingerprint density at radius 3 is 2.92 bits per heavy atom. The molecule has 5 nitrogen and oxygen atoms in total. The highest BCUT2D eigenvalue weighted by atomic mass is 16.5. The van der Waals surface area contributed by atoms with Crippen molar-refractivity contribution >= 4 is 12.0 Å². The molecule has 0 radical (unpaired) electrons. The minimum atomic E-state index is -0.646. The van der Waals surface area contributed by atoms with E-state index in [9.17, 15) is 9.59 Å². The van der Waals surface area contributed by atoms with Gasteiger partial charge in [-0.05, 0) is 6.42 Å². The Hall–Kier alpha value is -1.10. The van der Waals surface area contributed by atoms with Gasteiger partial charge in [0.15, 0.2) is 0 Å². The maximum Gasteiger partial charge on any atom is 0.416 e. The number of hydrogen-bond donors (Lipinski definition) is 1. The highest BCUT2D eigenvalue weighted by molar-refractivity contribution is 5.92. The van der Waals surface area contributed by atoms with Crippen LogP contribution in [-0.4, -0.2) is 41.8 Å². The largest absolute Gasteiger partial charge is 0.452 e. The number of rotatable bonds is 0. The first-order valence-electron chi connectivity index (χ1n) is 3.71. The van der Waals surface area contributed by atoms with E-state index < -0.39 is 12.2 Å². The monoisotopic (exact) mass is 173 g/mol. The minimum Gasteiger partial charge on any atom is -0.452 e. The summed E-state index contributed by atoms with van der Waals surface area (Å²) in [5, 5.41) is 9.05. The summed E-state index contributed by atoms with van der Waals surface area (Å²) in [5.74, 6) is -0.374. The molecule has 0 saturated carbocycles. The first kappa shape index (κ1) is 8.99. The Labute approximate surface area is 69.9 Å². The SMILES string of the molecule is COC(=O)N1CCC(O)CC1=O. The second-order valence-electron chi connectivity index (χ2n) is 2.66. The summed E-state index contributed by atoms with van der Waals surface area (Å²) in [4.78, 5) is 23.0. The lowest BCUT2D eigenvalue weighted by Crippen LogP contribution is -2.44. The lowest BCUT2D eigenvalue weighted by molar-refractivity contribution is -0.134. The molecule has 0 aromatic carbocycles. The van der Waals surface area contributed by atoms with Gasteiger partial charge in [-0.2, -0.15) is 0 Å². The van der Waals surface area contributed by atoms with Gasteiger partial charge in [-0.15, -0.1) is 0 Å². The highest BCUT2D eigenvalue weighted by Gasteiger charge is 2.29. The summed E-state index contributed by atoms with van der Waals surface area (Å²) < 4.78 is 4.38. The zero-order valence-corrected chi connectivity index (χ0v) is 6.82. The molecule has 1 aliphatic rings. The molecule has 5 heteroatoms. The van der Waals surface area contributed by atoms with Crippen molar-refractivity contribution in [1.29, 1.82) is 0 Å². The van der Waals surface area contributed by atoms with Crippen LogP contribution in [0.15, 0.2) is 0 Å². The average molecular weight is 173 g/mol. The smallest absolute Gasteiger partial charge is 0.416 e. The van der Waals surface area contributed by atoms with E-state index in [1.165, 1.54) is 7.11 Å². The van der Waals surface area contributed by atoms with Crippen LogP contribution in [0.2, 0.25) is 0 Å². The molecular weight excluding hydrogens is 162 g/mol. The van der Waals surface area contributed by atoms with Crippen molar-refractivity contribution < 1.29 is 19.4 Å². The number of nitrogens with zero attached hydrogens (tertiary/aromatic N) is 1. The first-order valence-corrected chi connectivity index (χ1v) is 3.71. The van der Waals surface area contributed by atoms with E-state index in [4.69, 9.17) is 5.11 Å². The second-order valence-corrected chi connectivity index (χ2v) is 2.66. The number of imide groups is 1. The Kier molecular flexibility index (Phi) is 2.65. The maximum absolute atomic E-state index is 11.1. The fourth-order valence-corrected chi connectivity index (χ4v) is 1.12. The van der Waals surface area contributed by atoms with Crippen LogP contribution in [-0.2, 0) is 9.53 Å². The van der Waals surface area contributed by atoms with E-state index in [0.29, 0.717) is 6.42 Å². The third kappa shape index (κ3) is 1.73. The van der Waals surface area contributed by atoms with Crippen LogP contribution in [0.3, 0.4) is 0 Å². The number of ether oxygens (including phenoxy) is 1. The van der Waals surface area contributed by atoms with Crippen molar-refractivity contribution in [2.75, 3.05) is 13.7 Å². The second kappa shape index (κ2) is 3.53. The number of amides is 2. The number of piperidine rings is 1. The van der Waals surface area contributed by atoms with E-state index in [2.05, 4.69) is 4.74 Å². The summed E-state index contributed by atoms with van der Waals surface area (Å²) in [6, 6.07) is 0. The van der Waals surface area contributed by atoms with Gasteiger partial charge in [0.2, 0.25) is 5.91 Å². The number of carbonyl (C=O) groups excluding carboxylic acids is 2. The van der Waals surface area contributed by atoms with Crippen LogP contribution >= 0.6 is 0 Å². The molecule has 0 spiro atoms. The lowest BCUT2D eigenvalue weighted by atomic mass is 10.1. The minimum absolute atomic E-state index is 0.00903. The van der Waals surface area contributed by atoms with Crippen LogP contribution in [0, 0.1) is 0 Å². The molecule has 1 heterocycles. The molecule has 0 bridgehead atoms. The summed E-state index contributed by atoms with van der Waals surface area (Å²) in [6.07, 6.45) is -0.819. The Morgan fingerprint density at radius 1 is 1.75 bits per heavy atom. The van der Waals surface area contributed by atoms with E-state index >= 15 is 0 Å². The van der Waals surface area contributed by atoms with Gasteiger partial charge in [0.25, 0.3) is 0 Å². The predicted molar refractivity (Wildman–Crippen MR) is 39.4 cm³/mol. The van der Waals surface area contributed by atoms with Crippen LogP contribution in [0.1, 0.15) is 12.8 Å². The van der Waals surface area contributed by atoms with Crippen molar-refractivity contribution in [1.82, 2.24) is 4.90 Å². The number of aliphatic hydroxyl groups excluding tert-OH is 1. The molecule has 1 rings (SSSR count). The summed E-state index contributed by atoms with van der Waals surface area (Å²) in [5.41, 5.74) is 0. The molecule has 1 unspecified atom stereocenters. The van der Waals surface area contributed by atoms with Crippen molar-refractivity contribution in [2.24, 2.45) is 0 Å². The first-order chi connectivity index (χ1) is 5.65. The molecular formula is C7H11NO4. The molecule has 0 aliphatic carbocycles. The molecule has 0 aromatic rings. The van der Waals surface area contributed by atoms with Crippen LogP contribution < -0.4 is 0 Å². The third-order valence-corrected chi connectivity index (χ3v) is 1.79. The highest BCUT2D eigenvalue weighted by Crippen LogP contribution is 2.11. The van der Waals surface area contributed by atoms with Gasteiger partial charge >= 0.3 is 6.09 Å². The molecule has 68 valence electrons. The number of carbonyl (C=O) groups is 2. The topological polar surface area (TPSA) is 66.8 Å². The third-order valence-electron chi connectivity index (χ3n) is 1.79. The van der Waals surface area contributed by atoms with Gasteiger partial charge in [0.05, 0.1) is 19.6 Å². The van der Waals surface area contributed by atoms with Gasteiger partial charge < -0.3 is 9.84 Å². The van der Waals surface area contributed by atoms with Crippen LogP contribution in [0.5, 0.6) is 0 Å². The standard InChI is InChI=1S/C7H11NO4/c1-12-7(11)8-3-2-5(9)4-6(8)10/h5,9H,2-4H2,1H3. The number of likely N-dealkylation sites (tertiary alicyclic amines) is 1. The van der Waals surface area contributed by atoms with Crippen LogP contribution in [0.4, 0.5) is 4.79 Å². The average Bonchev–Trinajstić information content (AvgIpc) is 2.03. The Bertz CT molecular complexity index is 204. The molecule has 12 heavy (non-hydrogen) atoms. The van der Waals surface area contributed by atoms with Crippen molar-refractivity contribution in [3.05, 3.63) is 0 Å². The Morgan fingerprint density at radius 2 is 2.42 bits per heavy atom. The summed E-state index contributed by atoms with van der Waals surface area (Å²) >= 11 is 0. The zero-order valence-electron chi connectivity index (χ0n) is 6.82. The molecule has 1 atom stereocenters. The van der Waals surface area contributed by atoms with Crippen molar-refractivity contribution in [3.8, 4) is 0 Å².